The summed E-state index contributed by atoms with van der Waals surface area (Å²) in [5.74, 6) is 0.894. The molecule has 1 aromatic carbocycles. The Bertz CT molecular complexity index is 999. The molecule has 0 saturated carbocycles. The molecule has 5 nitrogen and oxygen atoms in total. The van der Waals surface area contributed by atoms with Crippen molar-refractivity contribution in [2.24, 2.45) is 0 Å². The standard InChI is InChI=1S/C22H25N3O2S2/c1-4-15(3)25-21(26)19(29-22(25)28)13-17-12-16-11-14(2)5-6-18(16)23-20(17)24-7-9-27-10-8-24/h5-6,11-13,15H,4,7-10H2,1-3H3/b19-13-. The van der Waals surface area contributed by atoms with Gasteiger partial charge in [-0.1, -0.05) is 42.5 Å². The molecule has 3 heterocycles. The zero-order chi connectivity index (χ0) is 20.5. The first-order chi connectivity index (χ1) is 14.0. The molecule has 2 aliphatic rings. The SMILES string of the molecule is CCC(C)N1C(=O)/C(=C/c2cc3cc(C)ccc3nc2N2CCOCC2)SC1=S. The summed E-state index contributed by atoms with van der Waals surface area (Å²) in [6.07, 6.45) is 2.83. The van der Waals surface area contributed by atoms with E-state index >= 15 is 0 Å². The van der Waals surface area contributed by atoms with E-state index in [2.05, 4.69) is 43.0 Å². The number of hydrogen-bond acceptors (Lipinski definition) is 6. The molecule has 1 unspecified atom stereocenters. The number of thioether (sulfide) groups is 1. The molecule has 0 bridgehead atoms. The third-order valence-electron chi connectivity index (χ3n) is 5.43. The van der Waals surface area contributed by atoms with Crippen LogP contribution in [0.1, 0.15) is 31.4 Å². The van der Waals surface area contributed by atoms with Gasteiger partial charge in [0.2, 0.25) is 0 Å². The molecule has 0 aliphatic carbocycles. The number of rotatable bonds is 4. The van der Waals surface area contributed by atoms with Crippen LogP contribution in [0.2, 0.25) is 0 Å². The third kappa shape index (κ3) is 4.04. The molecule has 0 spiro atoms. The largest absolute Gasteiger partial charge is 0.378 e. The lowest BCUT2D eigenvalue weighted by atomic mass is 10.1. The van der Waals surface area contributed by atoms with Crippen LogP contribution in [-0.4, -0.2) is 52.5 Å². The highest BCUT2D eigenvalue weighted by molar-refractivity contribution is 8.26. The Morgan fingerprint density at radius 3 is 2.79 bits per heavy atom. The van der Waals surface area contributed by atoms with Crippen LogP contribution >= 0.6 is 24.0 Å². The van der Waals surface area contributed by atoms with Gasteiger partial charge < -0.3 is 9.64 Å². The number of anilines is 1. The normalized spacial score (nSPS) is 20.2. The molecule has 2 aromatic rings. The van der Waals surface area contributed by atoms with Crippen molar-refractivity contribution in [2.75, 3.05) is 31.2 Å². The summed E-state index contributed by atoms with van der Waals surface area (Å²) >= 11 is 6.87. The maximum Gasteiger partial charge on any atom is 0.266 e. The van der Waals surface area contributed by atoms with Gasteiger partial charge in [0, 0.05) is 30.1 Å². The van der Waals surface area contributed by atoms with Gasteiger partial charge in [-0.15, -0.1) is 0 Å². The van der Waals surface area contributed by atoms with Crippen molar-refractivity contribution in [2.45, 2.75) is 33.2 Å². The van der Waals surface area contributed by atoms with Crippen LogP contribution in [0.4, 0.5) is 5.82 Å². The highest BCUT2D eigenvalue weighted by Crippen LogP contribution is 2.36. The summed E-state index contributed by atoms with van der Waals surface area (Å²) in [4.78, 5) is 22.6. The maximum absolute atomic E-state index is 13.0. The molecule has 0 N–H and O–H groups in total. The van der Waals surface area contributed by atoms with Crippen LogP contribution < -0.4 is 4.90 Å². The van der Waals surface area contributed by atoms with Crippen molar-refractivity contribution in [3.8, 4) is 0 Å². The van der Waals surface area contributed by atoms with Gasteiger partial charge in [0.25, 0.3) is 5.91 Å². The Kier molecular flexibility index (Phi) is 5.90. The minimum atomic E-state index is -0.00776. The second kappa shape index (κ2) is 8.42. The van der Waals surface area contributed by atoms with E-state index in [1.54, 1.807) is 4.90 Å². The molecular formula is C22H25N3O2S2. The predicted octanol–water partition coefficient (Wildman–Crippen LogP) is 4.38. The van der Waals surface area contributed by atoms with E-state index in [0.29, 0.717) is 22.4 Å². The Hall–Kier alpha value is -1.96. The number of aryl methyl sites for hydroxylation is 1. The first-order valence-electron chi connectivity index (χ1n) is 9.99. The van der Waals surface area contributed by atoms with E-state index in [9.17, 15) is 4.79 Å². The number of fused-ring (bicyclic) bond motifs is 1. The van der Waals surface area contributed by atoms with E-state index in [1.807, 2.05) is 13.0 Å². The average Bonchev–Trinajstić information content (AvgIpc) is 3.00. The van der Waals surface area contributed by atoms with E-state index in [1.165, 1.54) is 17.3 Å². The Morgan fingerprint density at radius 2 is 2.07 bits per heavy atom. The number of morpholine rings is 1. The lowest BCUT2D eigenvalue weighted by Crippen LogP contribution is -2.37. The molecule has 152 valence electrons. The first-order valence-corrected chi connectivity index (χ1v) is 11.2. The van der Waals surface area contributed by atoms with Crippen molar-refractivity contribution in [3.63, 3.8) is 0 Å². The number of thiocarbonyl (C=S) groups is 1. The molecule has 0 radical (unpaired) electrons. The van der Waals surface area contributed by atoms with E-state index in [4.69, 9.17) is 21.9 Å². The quantitative estimate of drug-likeness (QED) is 0.533. The lowest BCUT2D eigenvalue weighted by molar-refractivity contribution is -0.123. The average molecular weight is 428 g/mol. The lowest BCUT2D eigenvalue weighted by Gasteiger charge is -2.29. The maximum atomic E-state index is 13.0. The number of pyridine rings is 1. The van der Waals surface area contributed by atoms with Crippen molar-refractivity contribution in [1.82, 2.24) is 9.88 Å². The summed E-state index contributed by atoms with van der Waals surface area (Å²) < 4.78 is 6.15. The Morgan fingerprint density at radius 1 is 1.31 bits per heavy atom. The van der Waals surface area contributed by atoms with Gasteiger partial charge in [-0.05, 0) is 44.5 Å². The Labute approximate surface area is 181 Å². The van der Waals surface area contributed by atoms with E-state index in [0.717, 1.165) is 41.8 Å². The molecule has 29 heavy (non-hydrogen) atoms. The highest BCUT2D eigenvalue weighted by Gasteiger charge is 2.35. The predicted molar refractivity (Wildman–Crippen MR) is 124 cm³/mol. The fraction of sp³-hybridized carbons (Fsp3) is 0.409. The van der Waals surface area contributed by atoms with Crippen LogP contribution in [0.15, 0.2) is 29.2 Å². The fourth-order valence-corrected chi connectivity index (χ4v) is 5.07. The van der Waals surface area contributed by atoms with Crippen molar-refractivity contribution in [3.05, 3.63) is 40.3 Å². The molecular weight excluding hydrogens is 402 g/mol. The number of carbonyl (C=O) groups is 1. The zero-order valence-corrected chi connectivity index (χ0v) is 18.6. The number of aromatic nitrogens is 1. The van der Waals surface area contributed by atoms with Gasteiger partial charge in [0.05, 0.1) is 23.6 Å². The molecule has 7 heteroatoms. The van der Waals surface area contributed by atoms with Crippen molar-refractivity contribution in [1.29, 1.82) is 0 Å². The van der Waals surface area contributed by atoms with Crippen molar-refractivity contribution >= 4 is 57.0 Å². The van der Waals surface area contributed by atoms with E-state index < -0.39 is 0 Å². The van der Waals surface area contributed by atoms with Crippen LogP contribution in [0.25, 0.3) is 17.0 Å². The molecule has 2 saturated heterocycles. The molecule has 1 aromatic heterocycles. The number of benzene rings is 1. The van der Waals surface area contributed by atoms with Gasteiger partial charge in [-0.25, -0.2) is 4.98 Å². The minimum Gasteiger partial charge on any atom is -0.378 e. The van der Waals surface area contributed by atoms with Crippen LogP contribution in [-0.2, 0) is 9.53 Å². The second-order valence-electron chi connectivity index (χ2n) is 7.51. The molecule has 1 amide bonds. The molecule has 1 atom stereocenters. The Balaban J connectivity index is 1.80. The molecule has 2 fully saturated rings. The van der Waals surface area contributed by atoms with E-state index in [-0.39, 0.29) is 11.9 Å². The van der Waals surface area contributed by atoms with Gasteiger partial charge >= 0.3 is 0 Å². The summed E-state index contributed by atoms with van der Waals surface area (Å²) in [5.41, 5.74) is 3.10. The fourth-order valence-electron chi connectivity index (χ4n) is 3.62. The molecule has 2 aliphatic heterocycles. The second-order valence-corrected chi connectivity index (χ2v) is 9.18. The van der Waals surface area contributed by atoms with Crippen LogP contribution in [0, 0.1) is 6.92 Å². The summed E-state index contributed by atoms with van der Waals surface area (Å²) in [6, 6.07) is 8.50. The van der Waals surface area contributed by atoms with Gasteiger partial charge in [-0.3, -0.25) is 9.69 Å². The number of nitrogens with zero attached hydrogens (tertiary/aromatic N) is 3. The highest BCUT2D eigenvalue weighted by atomic mass is 32.2. The number of amides is 1. The minimum absolute atomic E-state index is 0.00776. The monoisotopic (exact) mass is 427 g/mol. The summed E-state index contributed by atoms with van der Waals surface area (Å²) in [7, 11) is 0. The zero-order valence-electron chi connectivity index (χ0n) is 17.0. The van der Waals surface area contributed by atoms with Crippen LogP contribution in [0.3, 0.4) is 0 Å². The van der Waals surface area contributed by atoms with Gasteiger partial charge in [0.1, 0.15) is 10.1 Å². The number of ether oxygens (including phenoxy) is 1. The number of carbonyl (C=O) groups excluding carboxylic acids is 1. The van der Waals surface area contributed by atoms with Gasteiger partial charge in [-0.2, -0.15) is 0 Å². The smallest absolute Gasteiger partial charge is 0.266 e. The van der Waals surface area contributed by atoms with Crippen LogP contribution in [0.5, 0.6) is 0 Å². The summed E-state index contributed by atoms with van der Waals surface area (Å²) in [5, 5.41) is 1.07. The molecule has 4 rings (SSSR count). The van der Waals surface area contributed by atoms with Crippen molar-refractivity contribution < 1.29 is 9.53 Å². The summed E-state index contributed by atoms with van der Waals surface area (Å²) in [6.45, 7) is 9.13. The van der Waals surface area contributed by atoms with Gasteiger partial charge in [0.15, 0.2) is 0 Å². The first kappa shape index (κ1) is 20.3. The third-order valence-corrected chi connectivity index (χ3v) is 6.76. The topological polar surface area (TPSA) is 45.7 Å². The number of hydrogen-bond donors (Lipinski definition) is 0.